The molecule has 2 aliphatic rings. The van der Waals surface area contributed by atoms with E-state index >= 15 is 0 Å². The molecule has 0 saturated carbocycles. The van der Waals surface area contributed by atoms with Gasteiger partial charge in [-0.15, -0.1) is 0 Å². The summed E-state index contributed by atoms with van der Waals surface area (Å²) in [7, 11) is 0. The molecule has 0 aromatic rings. The van der Waals surface area contributed by atoms with E-state index in [9.17, 15) is 9.59 Å². The quantitative estimate of drug-likeness (QED) is 0.747. The van der Waals surface area contributed by atoms with Gasteiger partial charge in [0.15, 0.2) is 0 Å². The van der Waals surface area contributed by atoms with E-state index in [-0.39, 0.29) is 29.8 Å². The first-order valence-electron chi connectivity index (χ1n) is 6.27. The number of nitrogens with one attached hydrogen (secondary N) is 1. The van der Waals surface area contributed by atoms with Gasteiger partial charge >= 0.3 is 0 Å². The highest BCUT2D eigenvalue weighted by atomic mass is 16.5. The number of amides is 2. The van der Waals surface area contributed by atoms with Crippen molar-refractivity contribution in [3.63, 3.8) is 0 Å². The van der Waals surface area contributed by atoms with E-state index in [1.165, 1.54) is 0 Å². The van der Waals surface area contributed by atoms with E-state index in [1.54, 1.807) is 0 Å². The zero-order chi connectivity index (χ0) is 12.4. The molecule has 96 valence electrons. The number of nitrogens with zero attached hydrogens (tertiary/aromatic N) is 1. The number of hydrogen-bond donors (Lipinski definition) is 1. The molecule has 2 heterocycles. The number of carbonyl (C=O) groups excluding carboxylic acids is 2. The summed E-state index contributed by atoms with van der Waals surface area (Å²) in [5.41, 5.74) is 0. The van der Waals surface area contributed by atoms with Crippen LogP contribution < -0.4 is 5.32 Å². The highest BCUT2D eigenvalue weighted by Crippen LogP contribution is 2.18. The van der Waals surface area contributed by atoms with Gasteiger partial charge in [-0.25, -0.2) is 0 Å². The predicted octanol–water partition coefficient (Wildman–Crippen LogP) is 0.148. The van der Waals surface area contributed by atoms with Crippen molar-refractivity contribution < 1.29 is 14.3 Å². The summed E-state index contributed by atoms with van der Waals surface area (Å²) in [5.74, 6) is 0.134. The van der Waals surface area contributed by atoms with Gasteiger partial charge in [-0.1, -0.05) is 13.8 Å². The van der Waals surface area contributed by atoms with Crippen LogP contribution in [0.1, 0.15) is 26.7 Å². The Bertz CT molecular complexity index is 311. The third-order valence-corrected chi connectivity index (χ3v) is 3.46. The van der Waals surface area contributed by atoms with Gasteiger partial charge in [0.05, 0.1) is 12.6 Å². The molecular weight excluding hydrogens is 220 g/mol. The molecule has 0 aromatic carbocycles. The fraction of sp³-hybridized carbons (Fsp3) is 0.833. The maximum absolute atomic E-state index is 12.4. The number of hydrogen-bond acceptors (Lipinski definition) is 3. The van der Waals surface area contributed by atoms with Crippen LogP contribution in [-0.2, 0) is 14.3 Å². The van der Waals surface area contributed by atoms with Gasteiger partial charge in [0, 0.05) is 19.6 Å². The monoisotopic (exact) mass is 240 g/mol. The zero-order valence-corrected chi connectivity index (χ0v) is 10.4. The zero-order valence-electron chi connectivity index (χ0n) is 10.4. The minimum absolute atomic E-state index is 0.0292. The summed E-state index contributed by atoms with van der Waals surface area (Å²) in [6, 6.07) is -0.234. The topological polar surface area (TPSA) is 58.6 Å². The standard InChI is InChI=1S/C12H20N2O3/c1-8(2)11-12(16)14(5-3-10(15)13-11)9-4-6-17-7-9/h8-9,11H,3-7H2,1-2H3,(H,13,15). The van der Waals surface area contributed by atoms with Crippen LogP contribution in [-0.4, -0.2) is 48.6 Å². The Morgan fingerprint density at radius 3 is 2.76 bits per heavy atom. The van der Waals surface area contributed by atoms with Gasteiger partial charge < -0.3 is 15.0 Å². The van der Waals surface area contributed by atoms with Crippen LogP contribution in [0.3, 0.4) is 0 Å². The molecule has 2 fully saturated rings. The van der Waals surface area contributed by atoms with Crippen molar-refractivity contribution >= 4 is 11.8 Å². The lowest BCUT2D eigenvalue weighted by molar-refractivity contribution is -0.136. The molecule has 0 radical (unpaired) electrons. The molecule has 2 amide bonds. The predicted molar refractivity (Wildman–Crippen MR) is 62.3 cm³/mol. The summed E-state index contributed by atoms with van der Waals surface area (Å²) >= 11 is 0. The summed E-state index contributed by atoms with van der Waals surface area (Å²) in [6.07, 6.45) is 1.27. The molecule has 2 unspecified atom stereocenters. The number of rotatable bonds is 2. The van der Waals surface area contributed by atoms with Gasteiger partial charge in [0.25, 0.3) is 0 Å². The van der Waals surface area contributed by atoms with Crippen molar-refractivity contribution in [1.29, 1.82) is 0 Å². The van der Waals surface area contributed by atoms with Crippen molar-refractivity contribution in [1.82, 2.24) is 10.2 Å². The fourth-order valence-corrected chi connectivity index (χ4v) is 2.40. The van der Waals surface area contributed by atoms with E-state index in [4.69, 9.17) is 4.74 Å². The van der Waals surface area contributed by atoms with Crippen molar-refractivity contribution in [2.24, 2.45) is 5.92 Å². The molecule has 0 aromatic heterocycles. The second-order valence-electron chi connectivity index (χ2n) is 5.09. The van der Waals surface area contributed by atoms with Gasteiger partial charge in [-0.3, -0.25) is 9.59 Å². The molecule has 1 N–H and O–H groups in total. The lowest BCUT2D eigenvalue weighted by Crippen LogP contribution is -2.50. The number of ether oxygens (including phenoxy) is 1. The minimum Gasteiger partial charge on any atom is -0.379 e. The lowest BCUT2D eigenvalue weighted by Gasteiger charge is -2.30. The summed E-state index contributed by atoms with van der Waals surface area (Å²) in [6.45, 7) is 5.74. The Morgan fingerprint density at radius 2 is 2.18 bits per heavy atom. The lowest BCUT2D eigenvalue weighted by atomic mass is 10.0. The second kappa shape index (κ2) is 5.04. The Balaban J connectivity index is 2.14. The molecule has 0 bridgehead atoms. The third-order valence-electron chi connectivity index (χ3n) is 3.46. The minimum atomic E-state index is -0.384. The van der Waals surface area contributed by atoms with Gasteiger partial charge in [-0.05, 0) is 12.3 Å². The van der Waals surface area contributed by atoms with Crippen molar-refractivity contribution in [2.45, 2.75) is 38.8 Å². The largest absolute Gasteiger partial charge is 0.379 e. The normalized spacial score (nSPS) is 30.6. The Morgan fingerprint density at radius 1 is 1.41 bits per heavy atom. The van der Waals surface area contributed by atoms with E-state index < -0.39 is 0 Å². The molecule has 2 rings (SSSR count). The first-order valence-corrected chi connectivity index (χ1v) is 6.27. The van der Waals surface area contributed by atoms with Crippen LogP contribution >= 0.6 is 0 Å². The van der Waals surface area contributed by atoms with E-state index in [0.29, 0.717) is 26.2 Å². The summed E-state index contributed by atoms with van der Waals surface area (Å²) in [5, 5.41) is 2.81. The average Bonchev–Trinajstić information content (AvgIpc) is 2.74. The van der Waals surface area contributed by atoms with Gasteiger partial charge in [0.1, 0.15) is 6.04 Å². The van der Waals surface area contributed by atoms with E-state index in [1.807, 2.05) is 18.7 Å². The number of carbonyl (C=O) groups is 2. The highest BCUT2D eigenvalue weighted by Gasteiger charge is 2.36. The van der Waals surface area contributed by atoms with Crippen LogP contribution in [0.2, 0.25) is 0 Å². The van der Waals surface area contributed by atoms with Crippen LogP contribution in [0, 0.1) is 5.92 Å². The second-order valence-corrected chi connectivity index (χ2v) is 5.09. The van der Waals surface area contributed by atoms with Crippen LogP contribution in [0.4, 0.5) is 0 Å². The Hall–Kier alpha value is -1.10. The van der Waals surface area contributed by atoms with Crippen LogP contribution in [0.15, 0.2) is 0 Å². The molecule has 17 heavy (non-hydrogen) atoms. The SMILES string of the molecule is CC(C)C1NC(=O)CCN(C2CCOC2)C1=O. The molecular formula is C12H20N2O3. The van der Waals surface area contributed by atoms with Gasteiger partial charge in [0.2, 0.25) is 11.8 Å². The molecule has 0 aliphatic carbocycles. The first kappa shape index (κ1) is 12.4. The van der Waals surface area contributed by atoms with Gasteiger partial charge in [-0.2, -0.15) is 0 Å². The summed E-state index contributed by atoms with van der Waals surface area (Å²) in [4.78, 5) is 25.8. The van der Waals surface area contributed by atoms with Crippen molar-refractivity contribution in [3.8, 4) is 0 Å². The molecule has 5 nitrogen and oxygen atoms in total. The molecule has 0 spiro atoms. The van der Waals surface area contributed by atoms with E-state index in [2.05, 4.69) is 5.32 Å². The maximum atomic E-state index is 12.4. The molecule has 5 heteroatoms. The van der Waals surface area contributed by atoms with Crippen molar-refractivity contribution in [3.05, 3.63) is 0 Å². The summed E-state index contributed by atoms with van der Waals surface area (Å²) < 4.78 is 5.32. The smallest absolute Gasteiger partial charge is 0.245 e. The Kier molecular flexibility index (Phi) is 3.66. The Labute approximate surface area is 101 Å². The molecule has 2 saturated heterocycles. The third kappa shape index (κ3) is 2.60. The van der Waals surface area contributed by atoms with Crippen molar-refractivity contribution in [2.75, 3.05) is 19.8 Å². The average molecular weight is 240 g/mol. The highest BCUT2D eigenvalue weighted by molar-refractivity contribution is 5.90. The fourth-order valence-electron chi connectivity index (χ4n) is 2.40. The van der Waals surface area contributed by atoms with E-state index in [0.717, 1.165) is 6.42 Å². The molecule has 2 aliphatic heterocycles. The molecule has 2 atom stereocenters. The van der Waals surface area contributed by atoms with Crippen LogP contribution in [0.25, 0.3) is 0 Å². The first-order chi connectivity index (χ1) is 8.09. The maximum Gasteiger partial charge on any atom is 0.245 e. The van der Waals surface area contributed by atoms with Crippen LogP contribution in [0.5, 0.6) is 0 Å².